The second-order valence-electron chi connectivity index (χ2n) is 5.26. The van der Waals surface area contributed by atoms with Crippen LogP contribution in [0.3, 0.4) is 0 Å². The fraction of sp³-hybridized carbons (Fsp3) is 0.533. The molecule has 1 heterocycles. The highest BCUT2D eigenvalue weighted by molar-refractivity contribution is 5.70. The van der Waals surface area contributed by atoms with Gasteiger partial charge in [-0.2, -0.15) is 0 Å². The van der Waals surface area contributed by atoms with Gasteiger partial charge in [0.1, 0.15) is 0 Å². The zero-order valence-corrected chi connectivity index (χ0v) is 11.9. The third-order valence-electron chi connectivity index (χ3n) is 4.11. The van der Waals surface area contributed by atoms with Crippen LogP contribution in [0.25, 0.3) is 0 Å². The van der Waals surface area contributed by atoms with Gasteiger partial charge in [-0.3, -0.25) is 9.69 Å². The fourth-order valence-electron chi connectivity index (χ4n) is 2.70. The second kappa shape index (κ2) is 6.13. The Balaban J connectivity index is 2.05. The van der Waals surface area contributed by atoms with E-state index >= 15 is 0 Å². The van der Waals surface area contributed by atoms with Gasteiger partial charge >= 0.3 is 5.97 Å². The molecule has 1 aliphatic heterocycles. The van der Waals surface area contributed by atoms with E-state index in [0.717, 1.165) is 18.7 Å². The number of likely N-dealkylation sites (tertiary alicyclic amines) is 1. The summed E-state index contributed by atoms with van der Waals surface area (Å²) in [6.45, 7) is 3.65. The molecular formula is C15H21NO4. The summed E-state index contributed by atoms with van der Waals surface area (Å²) in [5, 5.41) is 18.6. The van der Waals surface area contributed by atoms with Crippen molar-refractivity contribution in [3.63, 3.8) is 0 Å². The Morgan fingerprint density at radius 2 is 2.05 bits per heavy atom. The molecule has 5 nitrogen and oxygen atoms in total. The highest BCUT2D eigenvalue weighted by Crippen LogP contribution is 2.32. The van der Waals surface area contributed by atoms with Crippen LogP contribution in [0.15, 0.2) is 18.2 Å². The molecule has 1 unspecified atom stereocenters. The summed E-state index contributed by atoms with van der Waals surface area (Å²) in [5.41, 5.74) is 1.06. The molecule has 2 N–H and O–H groups in total. The number of aromatic hydroxyl groups is 1. The predicted molar refractivity (Wildman–Crippen MR) is 75.0 cm³/mol. The number of rotatable bonds is 4. The van der Waals surface area contributed by atoms with Gasteiger partial charge in [-0.05, 0) is 50.6 Å². The topological polar surface area (TPSA) is 70.0 Å². The minimum atomic E-state index is -0.691. The highest BCUT2D eigenvalue weighted by Gasteiger charge is 2.27. The van der Waals surface area contributed by atoms with Crippen LogP contribution in [0.1, 0.15) is 31.4 Å². The van der Waals surface area contributed by atoms with Crippen molar-refractivity contribution < 1.29 is 19.7 Å². The van der Waals surface area contributed by atoms with E-state index in [1.54, 1.807) is 6.07 Å². The lowest BCUT2D eigenvalue weighted by molar-refractivity contribution is -0.143. The van der Waals surface area contributed by atoms with Crippen LogP contribution in [0, 0.1) is 5.92 Å². The van der Waals surface area contributed by atoms with E-state index in [0.29, 0.717) is 18.6 Å². The summed E-state index contributed by atoms with van der Waals surface area (Å²) in [5.74, 6) is -0.306. The number of aliphatic carboxylic acids is 1. The van der Waals surface area contributed by atoms with Crippen LogP contribution in [-0.2, 0) is 4.79 Å². The number of ether oxygens (including phenoxy) is 1. The number of hydrogen-bond donors (Lipinski definition) is 2. The Hall–Kier alpha value is -1.75. The molecule has 0 aliphatic carbocycles. The molecular weight excluding hydrogens is 258 g/mol. The van der Waals surface area contributed by atoms with Gasteiger partial charge in [-0.25, -0.2) is 0 Å². The normalized spacial score (nSPS) is 18.7. The summed E-state index contributed by atoms with van der Waals surface area (Å²) in [6.07, 6.45) is 1.38. The van der Waals surface area contributed by atoms with Crippen molar-refractivity contribution in [2.75, 3.05) is 20.2 Å². The molecule has 0 bridgehead atoms. The van der Waals surface area contributed by atoms with E-state index in [4.69, 9.17) is 9.84 Å². The number of piperidine rings is 1. The molecule has 1 atom stereocenters. The van der Waals surface area contributed by atoms with E-state index in [-0.39, 0.29) is 17.7 Å². The maximum atomic E-state index is 11.0. The van der Waals surface area contributed by atoms with Crippen molar-refractivity contribution in [3.05, 3.63) is 23.8 Å². The Bertz CT molecular complexity index is 481. The van der Waals surface area contributed by atoms with Crippen LogP contribution in [0.4, 0.5) is 0 Å². The largest absolute Gasteiger partial charge is 0.504 e. The van der Waals surface area contributed by atoms with Crippen molar-refractivity contribution in [2.45, 2.75) is 25.8 Å². The molecule has 5 heteroatoms. The lowest BCUT2D eigenvalue weighted by Gasteiger charge is -2.35. The van der Waals surface area contributed by atoms with Gasteiger partial charge in [0, 0.05) is 6.04 Å². The van der Waals surface area contributed by atoms with Crippen molar-refractivity contribution >= 4 is 5.97 Å². The first-order valence-corrected chi connectivity index (χ1v) is 6.86. The Morgan fingerprint density at radius 1 is 1.40 bits per heavy atom. The number of nitrogens with zero attached hydrogens (tertiary/aromatic N) is 1. The molecule has 1 aliphatic rings. The number of phenols is 1. The van der Waals surface area contributed by atoms with E-state index in [2.05, 4.69) is 11.8 Å². The number of carboxylic acid groups (broad SMARTS) is 1. The minimum absolute atomic E-state index is 0.132. The minimum Gasteiger partial charge on any atom is -0.504 e. The standard InChI is InChI=1S/C15H21NO4/c1-10(12-3-4-13(17)14(9-12)20-2)16-7-5-11(6-8-16)15(18)19/h3-4,9-11,17H,5-8H2,1-2H3,(H,18,19). The Morgan fingerprint density at radius 3 is 2.60 bits per heavy atom. The number of phenolic OH excluding ortho intramolecular Hbond substituents is 1. The maximum Gasteiger partial charge on any atom is 0.306 e. The first kappa shape index (κ1) is 14.7. The second-order valence-corrected chi connectivity index (χ2v) is 5.26. The average Bonchev–Trinajstić information content (AvgIpc) is 2.47. The number of carboxylic acids is 1. The number of benzene rings is 1. The summed E-state index contributed by atoms with van der Waals surface area (Å²) in [7, 11) is 1.53. The lowest BCUT2D eigenvalue weighted by atomic mass is 9.95. The van der Waals surface area contributed by atoms with Crippen molar-refractivity contribution in [2.24, 2.45) is 5.92 Å². The number of methoxy groups -OCH3 is 1. The van der Waals surface area contributed by atoms with E-state index in [9.17, 15) is 9.90 Å². The third-order valence-corrected chi connectivity index (χ3v) is 4.11. The van der Waals surface area contributed by atoms with Crippen molar-refractivity contribution in [1.29, 1.82) is 0 Å². The van der Waals surface area contributed by atoms with E-state index in [1.165, 1.54) is 7.11 Å². The van der Waals surface area contributed by atoms with Crippen LogP contribution >= 0.6 is 0 Å². The van der Waals surface area contributed by atoms with Gasteiger partial charge in [0.25, 0.3) is 0 Å². The van der Waals surface area contributed by atoms with Gasteiger partial charge in [0.15, 0.2) is 11.5 Å². The molecule has 1 fully saturated rings. The molecule has 1 aromatic carbocycles. The smallest absolute Gasteiger partial charge is 0.306 e. The predicted octanol–water partition coefficient (Wildman–Crippen LogP) is 2.26. The lowest BCUT2D eigenvalue weighted by Crippen LogP contribution is -2.37. The van der Waals surface area contributed by atoms with Gasteiger partial charge in [-0.15, -0.1) is 0 Å². The summed E-state index contributed by atoms with van der Waals surface area (Å²) in [4.78, 5) is 13.2. The molecule has 0 spiro atoms. The molecule has 0 amide bonds. The van der Waals surface area contributed by atoms with Crippen molar-refractivity contribution in [3.8, 4) is 11.5 Å². The summed E-state index contributed by atoms with van der Waals surface area (Å²) >= 11 is 0. The molecule has 1 aromatic rings. The van der Waals surface area contributed by atoms with Crippen LogP contribution < -0.4 is 4.74 Å². The Labute approximate surface area is 118 Å². The maximum absolute atomic E-state index is 11.0. The first-order chi connectivity index (χ1) is 9.52. The van der Waals surface area contributed by atoms with Crippen molar-refractivity contribution in [1.82, 2.24) is 4.90 Å². The number of hydrogen-bond acceptors (Lipinski definition) is 4. The molecule has 0 aromatic heterocycles. The van der Waals surface area contributed by atoms with Gasteiger partial charge in [0.2, 0.25) is 0 Å². The van der Waals surface area contributed by atoms with Gasteiger partial charge in [0.05, 0.1) is 13.0 Å². The Kier molecular flexibility index (Phi) is 4.49. The SMILES string of the molecule is COc1cc(C(C)N2CCC(C(=O)O)CC2)ccc1O. The zero-order chi connectivity index (χ0) is 14.7. The van der Waals surface area contributed by atoms with Crippen LogP contribution in [-0.4, -0.2) is 41.3 Å². The van der Waals surface area contributed by atoms with Gasteiger partial charge in [-0.1, -0.05) is 6.07 Å². The molecule has 20 heavy (non-hydrogen) atoms. The van der Waals surface area contributed by atoms with E-state index in [1.807, 2.05) is 12.1 Å². The summed E-state index contributed by atoms with van der Waals surface area (Å²) < 4.78 is 5.13. The first-order valence-electron chi connectivity index (χ1n) is 6.86. The fourth-order valence-corrected chi connectivity index (χ4v) is 2.70. The third kappa shape index (κ3) is 3.04. The van der Waals surface area contributed by atoms with Gasteiger partial charge < -0.3 is 14.9 Å². The average molecular weight is 279 g/mol. The van der Waals surface area contributed by atoms with Crippen LogP contribution in [0.5, 0.6) is 11.5 Å². The molecule has 1 saturated heterocycles. The highest BCUT2D eigenvalue weighted by atomic mass is 16.5. The monoisotopic (exact) mass is 279 g/mol. The molecule has 2 rings (SSSR count). The van der Waals surface area contributed by atoms with Crippen LogP contribution in [0.2, 0.25) is 0 Å². The number of carbonyl (C=O) groups is 1. The molecule has 0 saturated carbocycles. The zero-order valence-electron chi connectivity index (χ0n) is 11.9. The molecule has 0 radical (unpaired) electrons. The molecule has 110 valence electrons. The summed E-state index contributed by atoms with van der Waals surface area (Å²) in [6, 6.07) is 5.53. The van der Waals surface area contributed by atoms with E-state index < -0.39 is 5.97 Å². The quantitative estimate of drug-likeness (QED) is 0.884.